The molecule has 3 fully saturated rings. The normalized spacial score (nSPS) is 27.5. The Morgan fingerprint density at radius 2 is 1.88 bits per heavy atom. The number of rotatable bonds is 5. The Balaban J connectivity index is 1.63. The van der Waals surface area contributed by atoms with Gasteiger partial charge in [-0.15, -0.1) is 0 Å². The first-order valence-corrected chi connectivity index (χ1v) is 8.04. The highest BCUT2D eigenvalue weighted by molar-refractivity contribution is 5.87. The minimum atomic E-state index is -4.31. The number of amides is 3. The molecule has 2 bridgehead atoms. The first-order valence-electron chi connectivity index (χ1n) is 8.04. The number of carbonyl (C=O) groups is 3. The van der Waals surface area contributed by atoms with Crippen LogP contribution in [0.5, 0.6) is 0 Å². The van der Waals surface area contributed by atoms with Gasteiger partial charge in [-0.25, -0.2) is 9.59 Å². The highest BCUT2D eigenvalue weighted by Gasteiger charge is 2.54. The fourth-order valence-corrected chi connectivity index (χ4v) is 3.22. The van der Waals surface area contributed by atoms with Gasteiger partial charge in [-0.3, -0.25) is 4.79 Å². The van der Waals surface area contributed by atoms with E-state index in [2.05, 4.69) is 4.84 Å². The molecule has 0 aromatic carbocycles. The van der Waals surface area contributed by atoms with Crippen LogP contribution in [0.25, 0.3) is 0 Å². The highest BCUT2D eigenvalue weighted by atomic mass is 19.3. The van der Waals surface area contributed by atoms with Crippen LogP contribution in [0.1, 0.15) is 25.7 Å². The van der Waals surface area contributed by atoms with E-state index in [0.717, 1.165) is 4.90 Å². The van der Waals surface area contributed by atoms with Gasteiger partial charge in [0.1, 0.15) is 12.1 Å². The van der Waals surface area contributed by atoms with Gasteiger partial charge in [-0.1, -0.05) is 0 Å². The van der Waals surface area contributed by atoms with Crippen molar-refractivity contribution in [2.75, 3.05) is 19.8 Å². The van der Waals surface area contributed by atoms with Crippen molar-refractivity contribution in [3.05, 3.63) is 0 Å². The number of alkyl halides is 2. The van der Waals surface area contributed by atoms with Crippen molar-refractivity contribution in [1.29, 1.82) is 0 Å². The number of hydrogen-bond donors (Lipinski definition) is 1. The molecule has 0 spiro atoms. The van der Waals surface area contributed by atoms with Crippen molar-refractivity contribution in [2.45, 2.75) is 50.0 Å². The van der Waals surface area contributed by atoms with E-state index in [1.807, 2.05) is 0 Å². The molecule has 3 rings (SSSR count). The Kier molecular flexibility index (Phi) is 4.78. The van der Waals surface area contributed by atoms with Gasteiger partial charge in [0.15, 0.2) is 0 Å². The molecule has 3 amide bonds. The number of urea groups is 1. The first-order chi connectivity index (χ1) is 11.8. The maximum atomic E-state index is 14.1. The zero-order valence-corrected chi connectivity index (χ0v) is 13.4. The monoisotopic (exact) mass is 363 g/mol. The smallest absolute Gasteiger partial charge is 0.456 e. The van der Waals surface area contributed by atoms with Crippen molar-refractivity contribution in [3.8, 4) is 0 Å². The minimum Gasteiger partial charge on any atom is -0.456 e. The summed E-state index contributed by atoms with van der Waals surface area (Å²) in [7, 11) is 0. The number of hydroxylamine groups is 2. The largest absolute Gasteiger partial charge is 0.477 e. The summed E-state index contributed by atoms with van der Waals surface area (Å²) in [5.41, 5.74) is 5.21. The van der Waals surface area contributed by atoms with E-state index in [9.17, 15) is 23.2 Å². The maximum Gasteiger partial charge on any atom is 0.477 e. The van der Waals surface area contributed by atoms with E-state index in [4.69, 9.17) is 15.2 Å². The summed E-state index contributed by atoms with van der Waals surface area (Å²) in [6.07, 6.45) is -3.82. The molecule has 3 heterocycles. The molecule has 3 aliphatic rings. The second-order valence-electron chi connectivity index (χ2n) is 6.24. The van der Waals surface area contributed by atoms with Crippen LogP contribution in [-0.2, 0) is 23.9 Å². The molecule has 9 nitrogen and oxygen atoms in total. The molecule has 3 aliphatic heterocycles. The van der Waals surface area contributed by atoms with Crippen molar-refractivity contribution in [2.24, 2.45) is 5.73 Å². The zero-order valence-electron chi connectivity index (χ0n) is 13.4. The summed E-state index contributed by atoms with van der Waals surface area (Å²) in [5, 5.41) is 0.453. The van der Waals surface area contributed by atoms with Crippen LogP contribution in [0.4, 0.5) is 13.6 Å². The fraction of sp³-hybridized carbons (Fsp3) is 0.786. The average molecular weight is 363 g/mol. The Labute approximate surface area is 141 Å². The van der Waals surface area contributed by atoms with Gasteiger partial charge < -0.3 is 20.1 Å². The van der Waals surface area contributed by atoms with Gasteiger partial charge in [0.05, 0.1) is 19.3 Å². The lowest BCUT2D eigenvalue weighted by atomic mass is 10.0. The van der Waals surface area contributed by atoms with E-state index in [1.54, 1.807) is 0 Å². The molecule has 0 unspecified atom stereocenters. The Hall–Kier alpha value is -2.01. The van der Waals surface area contributed by atoms with Crippen LogP contribution in [0.3, 0.4) is 0 Å². The summed E-state index contributed by atoms with van der Waals surface area (Å²) in [5.74, 6) is -2.56. The standard InChI is InChI=1S/C14H19F2N3O6/c15-14(16,12(21)24-9-3-5-23-6-4-9)25-19-8-1-2-10(11(17)20)18(7-8)13(19)22/h8-10H,1-7H2,(H2,17,20)/t8-,10+/m1/s1. The Morgan fingerprint density at radius 3 is 2.52 bits per heavy atom. The molecule has 2 atom stereocenters. The molecule has 0 aliphatic carbocycles. The molecular weight excluding hydrogens is 344 g/mol. The van der Waals surface area contributed by atoms with Crippen LogP contribution >= 0.6 is 0 Å². The number of fused-ring (bicyclic) bond motifs is 2. The molecule has 0 saturated carbocycles. The topological polar surface area (TPSA) is 111 Å². The van der Waals surface area contributed by atoms with Crippen LogP contribution in [0.15, 0.2) is 0 Å². The molecule has 11 heteroatoms. The lowest BCUT2D eigenvalue weighted by molar-refractivity contribution is -0.331. The van der Waals surface area contributed by atoms with Crippen molar-refractivity contribution in [3.63, 3.8) is 0 Å². The maximum absolute atomic E-state index is 14.1. The third-order valence-electron chi connectivity index (χ3n) is 4.54. The predicted octanol–water partition coefficient (Wildman–Crippen LogP) is -0.0131. The predicted molar refractivity (Wildman–Crippen MR) is 75.9 cm³/mol. The molecule has 2 N–H and O–H groups in total. The lowest BCUT2D eigenvalue weighted by Crippen LogP contribution is -2.48. The third kappa shape index (κ3) is 3.52. The molecule has 0 aromatic heterocycles. The van der Waals surface area contributed by atoms with Gasteiger partial charge in [0.25, 0.3) is 0 Å². The van der Waals surface area contributed by atoms with E-state index in [0.29, 0.717) is 31.1 Å². The number of ether oxygens (including phenoxy) is 2. The second-order valence-corrected chi connectivity index (χ2v) is 6.24. The van der Waals surface area contributed by atoms with Gasteiger partial charge in [0.2, 0.25) is 5.91 Å². The highest BCUT2D eigenvalue weighted by Crippen LogP contribution is 2.33. The van der Waals surface area contributed by atoms with Gasteiger partial charge in [-0.2, -0.15) is 18.7 Å². The Bertz CT molecular complexity index is 569. The van der Waals surface area contributed by atoms with Gasteiger partial charge in [-0.05, 0) is 12.8 Å². The van der Waals surface area contributed by atoms with Crippen molar-refractivity contribution < 1.29 is 37.5 Å². The van der Waals surface area contributed by atoms with E-state index < -0.39 is 42.2 Å². The molecule has 0 aromatic rings. The number of piperidine rings is 1. The van der Waals surface area contributed by atoms with Crippen LogP contribution < -0.4 is 5.73 Å². The second kappa shape index (κ2) is 6.71. The van der Waals surface area contributed by atoms with Crippen LogP contribution in [0, 0.1) is 0 Å². The summed E-state index contributed by atoms with van der Waals surface area (Å²) in [6.45, 7) is 0.679. The molecular formula is C14H19F2N3O6. The fourth-order valence-electron chi connectivity index (χ4n) is 3.22. The van der Waals surface area contributed by atoms with Crippen LogP contribution in [0.2, 0.25) is 0 Å². The molecule has 0 radical (unpaired) electrons. The van der Waals surface area contributed by atoms with E-state index >= 15 is 0 Å². The number of halogens is 2. The summed E-state index contributed by atoms with van der Waals surface area (Å²) < 4.78 is 38.0. The number of nitrogens with zero attached hydrogens (tertiary/aromatic N) is 2. The SMILES string of the molecule is NC(=O)[C@@H]1CC[C@@H]2CN1C(=O)N2OC(F)(F)C(=O)OC1CCOCC1. The van der Waals surface area contributed by atoms with Crippen molar-refractivity contribution in [1.82, 2.24) is 9.96 Å². The Morgan fingerprint density at radius 1 is 1.20 bits per heavy atom. The van der Waals surface area contributed by atoms with E-state index in [-0.39, 0.29) is 19.4 Å². The number of nitrogens with two attached hydrogens (primary N) is 1. The molecule has 25 heavy (non-hydrogen) atoms. The summed E-state index contributed by atoms with van der Waals surface area (Å²) >= 11 is 0. The van der Waals surface area contributed by atoms with E-state index in [1.165, 1.54) is 0 Å². The number of esters is 1. The van der Waals surface area contributed by atoms with Crippen LogP contribution in [-0.4, -0.2) is 71.9 Å². The number of primary amides is 1. The average Bonchev–Trinajstić information content (AvgIpc) is 2.80. The lowest BCUT2D eigenvalue weighted by Gasteiger charge is -2.28. The summed E-state index contributed by atoms with van der Waals surface area (Å²) in [6, 6.07) is -2.45. The number of hydrogen-bond acceptors (Lipinski definition) is 6. The van der Waals surface area contributed by atoms with Gasteiger partial charge >= 0.3 is 18.1 Å². The third-order valence-corrected chi connectivity index (χ3v) is 4.54. The quantitative estimate of drug-likeness (QED) is 0.688. The molecule has 3 saturated heterocycles. The summed E-state index contributed by atoms with van der Waals surface area (Å²) in [4.78, 5) is 40.8. The first kappa shape index (κ1) is 17.8. The van der Waals surface area contributed by atoms with Gasteiger partial charge in [0, 0.05) is 19.4 Å². The zero-order chi connectivity index (χ0) is 18.2. The molecule has 140 valence electrons. The minimum absolute atomic E-state index is 0.0392. The number of carbonyl (C=O) groups excluding carboxylic acids is 3. The van der Waals surface area contributed by atoms with Crippen molar-refractivity contribution >= 4 is 17.9 Å².